The number of ether oxygens (including phenoxy) is 2. The molecule has 0 radical (unpaired) electrons. The summed E-state index contributed by atoms with van der Waals surface area (Å²) in [5.41, 5.74) is 2.09. The van der Waals surface area contributed by atoms with Crippen molar-refractivity contribution in [1.82, 2.24) is 18.9 Å². The molecule has 0 atom stereocenters. The molecule has 0 aliphatic rings. The molecule has 0 saturated heterocycles. The van der Waals surface area contributed by atoms with Crippen molar-refractivity contribution in [3.63, 3.8) is 0 Å². The van der Waals surface area contributed by atoms with E-state index in [0.717, 1.165) is 23.1 Å². The summed E-state index contributed by atoms with van der Waals surface area (Å²) in [6.07, 6.45) is 1.64. The molecule has 0 aliphatic carbocycles. The van der Waals surface area contributed by atoms with E-state index >= 15 is 8.78 Å². The fraction of sp³-hybridized carbons (Fsp3) is 0.121. The second-order valence-electron chi connectivity index (χ2n) is 9.96. The van der Waals surface area contributed by atoms with Crippen LogP contribution in [0.2, 0.25) is 0 Å². The maximum Gasteiger partial charge on any atom is 0.337 e. The number of rotatable bonds is 9. The van der Waals surface area contributed by atoms with Crippen LogP contribution in [0.4, 0.5) is 13.2 Å². The van der Waals surface area contributed by atoms with E-state index in [0.29, 0.717) is 29.0 Å². The number of hydrogen-bond donors (Lipinski definition) is 0. The first kappa shape index (κ1) is 29.5. The summed E-state index contributed by atoms with van der Waals surface area (Å²) in [6, 6.07) is 19.5. The van der Waals surface area contributed by atoms with Gasteiger partial charge in [0.15, 0.2) is 0 Å². The van der Waals surface area contributed by atoms with Gasteiger partial charge in [-0.05, 0) is 71.7 Å². The van der Waals surface area contributed by atoms with Crippen molar-refractivity contribution in [3.05, 3.63) is 129 Å². The van der Waals surface area contributed by atoms with Crippen molar-refractivity contribution < 1.29 is 27.4 Å². The summed E-state index contributed by atoms with van der Waals surface area (Å²) in [6.45, 7) is 0.194. The van der Waals surface area contributed by atoms with E-state index in [1.54, 1.807) is 30.5 Å². The molecule has 0 fully saturated rings. The monoisotopic (exact) mass is 625 g/mol. The van der Waals surface area contributed by atoms with E-state index in [1.165, 1.54) is 42.9 Å². The minimum Gasteiger partial charge on any atom is -0.473 e. The molecule has 0 aliphatic heterocycles. The molecule has 6 aromatic rings. The molecule has 12 heteroatoms. The third-order valence-corrected chi connectivity index (χ3v) is 7.82. The molecule has 0 spiro atoms. The Morgan fingerprint density at radius 3 is 2.56 bits per heavy atom. The standard InChI is InChI=1S/C33H22F3N5O3S/c1-43-33(42)20-7-8-29-30(13-20)41(17-23-9-10-38-45-23)31(39-29)14-22-12-27(36)24(15-26(22)35)28-3-2-4-32(40-28)44-18-21-6-5-19(16-37)11-25(21)34/h2-13,15H,14,17-18H2,1H3. The van der Waals surface area contributed by atoms with Crippen molar-refractivity contribution in [2.24, 2.45) is 0 Å². The highest BCUT2D eigenvalue weighted by Gasteiger charge is 2.19. The number of carbonyl (C=O) groups is 1. The van der Waals surface area contributed by atoms with Crippen LogP contribution in [-0.2, 0) is 24.3 Å². The summed E-state index contributed by atoms with van der Waals surface area (Å²) in [5.74, 6) is -1.91. The maximum atomic E-state index is 15.6. The number of methoxy groups -OCH3 is 1. The smallest absolute Gasteiger partial charge is 0.337 e. The molecule has 0 unspecified atom stereocenters. The molecule has 0 amide bonds. The van der Waals surface area contributed by atoms with Gasteiger partial charge in [-0.15, -0.1) is 0 Å². The van der Waals surface area contributed by atoms with Gasteiger partial charge >= 0.3 is 5.97 Å². The third kappa shape index (κ3) is 6.25. The maximum absolute atomic E-state index is 15.6. The summed E-state index contributed by atoms with van der Waals surface area (Å²) in [7, 11) is 1.30. The Morgan fingerprint density at radius 1 is 0.956 bits per heavy atom. The quantitative estimate of drug-likeness (QED) is 0.162. The van der Waals surface area contributed by atoms with E-state index in [2.05, 4.69) is 14.3 Å². The minimum absolute atomic E-state index is 0.0309. The summed E-state index contributed by atoms with van der Waals surface area (Å²) >= 11 is 1.30. The van der Waals surface area contributed by atoms with Crippen molar-refractivity contribution in [3.8, 4) is 23.2 Å². The van der Waals surface area contributed by atoms with E-state index in [-0.39, 0.29) is 46.9 Å². The third-order valence-electron chi connectivity index (χ3n) is 7.10. The largest absolute Gasteiger partial charge is 0.473 e. The molecular weight excluding hydrogens is 603 g/mol. The van der Waals surface area contributed by atoms with Gasteiger partial charge in [0.1, 0.15) is 29.9 Å². The van der Waals surface area contributed by atoms with Crippen LogP contribution < -0.4 is 4.74 Å². The number of esters is 1. The Hall–Kier alpha value is -5.54. The zero-order valence-electron chi connectivity index (χ0n) is 23.6. The SMILES string of the molecule is COC(=O)c1ccc2nc(Cc3cc(F)c(-c4cccc(OCc5ccc(C#N)cc5F)n4)cc3F)n(Cc3ccns3)c2c1. The second kappa shape index (κ2) is 12.6. The zero-order chi connectivity index (χ0) is 31.5. The summed E-state index contributed by atoms with van der Waals surface area (Å²) in [4.78, 5) is 22.1. The molecule has 3 heterocycles. The van der Waals surface area contributed by atoms with Gasteiger partial charge in [0, 0.05) is 34.7 Å². The Kier molecular flexibility index (Phi) is 8.26. The number of nitriles is 1. The highest BCUT2D eigenvalue weighted by atomic mass is 32.1. The highest BCUT2D eigenvalue weighted by Crippen LogP contribution is 2.29. The zero-order valence-corrected chi connectivity index (χ0v) is 24.4. The van der Waals surface area contributed by atoms with Crippen molar-refractivity contribution >= 4 is 28.5 Å². The van der Waals surface area contributed by atoms with Crippen LogP contribution in [0.1, 0.15) is 37.7 Å². The lowest BCUT2D eigenvalue weighted by Crippen LogP contribution is -2.07. The van der Waals surface area contributed by atoms with E-state index in [1.807, 2.05) is 16.7 Å². The first-order valence-corrected chi connectivity index (χ1v) is 14.3. The number of fused-ring (bicyclic) bond motifs is 1. The predicted octanol–water partition coefficient (Wildman–Crippen LogP) is 6.85. The topological polar surface area (TPSA) is 103 Å². The number of imidazole rings is 1. The Morgan fingerprint density at radius 2 is 1.80 bits per heavy atom. The number of nitrogens with zero attached hydrogens (tertiary/aromatic N) is 5. The minimum atomic E-state index is -0.702. The van der Waals surface area contributed by atoms with Gasteiger partial charge in [-0.3, -0.25) is 0 Å². The summed E-state index contributed by atoms with van der Waals surface area (Å²) in [5, 5.41) is 8.92. The Bertz CT molecular complexity index is 2090. The predicted molar refractivity (Wildman–Crippen MR) is 160 cm³/mol. The van der Waals surface area contributed by atoms with Gasteiger partial charge in [-0.1, -0.05) is 12.1 Å². The van der Waals surface area contributed by atoms with Crippen LogP contribution in [0, 0.1) is 28.8 Å². The number of aromatic nitrogens is 4. The van der Waals surface area contributed by atoms with Gasteiger partial charge in [0.25, 0.3) is 0 Å². The van der Waals surface area contributed by atoms with E-state index in [4.69, 9.17) is 14.7 Å². The Labute approximate surface area is 259 Å². The average Bonchev–Trinajstić information content (AvgIpc) is 3.69. The van der Waals surface area contributed by atoms with Crippen LogP contribution in [0.3, 0.4) is 0 Å². The molecule has 0 saturated carbocycles. The first-order chi connectivity index (χ1) is 21.8. The van der Waals surface area contributed by atoms with Crippen molar-refractivity contribution in [1.29, 1.82) is 5.26 Å². The lowest BCUT2D eigenvalue weighted by Gasteiger charge is -2.12. The van der Waals surface area contributed by atoms with Crippen molar-refractivity contribution in [2.45, 2.75) is 19.6 Å². The molecule has 45 heavy (non-hydrogen) atoms. The fourth-order valence-electron chi connectivity index (χ4n) is 4.83. The lowest BCUT2D eigenvalue weighted by molar-refractivity contribution is 0.0601. The second-order valence-corrected chi connectivity index (χ2v) is 10.9. The van der Waals surface area contributed by atoms with Crippen molar-refractivity contribution in [2.75, 3.05) is 7.11 Å². The van der Waals surface area contributed by atoms with Gasteiger partial charge in [-0.2, -0.15) is 5.26 Å². The van der Waals surface area contributed by atoms with E-state index < -0.39 is 23.4 Å². The van der Waals surface area contributed by atoms with Gasteiger partial charge in [0.05, 0.1) is 47.6 Å². The molecule has 0 N–H and O–H groups in total. The van der Waals surface area contributed by atoms with Crippen LogP contribution in [0.15, 0.2) is 79.0 Å². The van der Waals surface area contributed by atoms with Gasteiger partial charge < -0.3 is 14.0 Å². The number of benzene rings is 3. The molecule has 224 valence electrons. The van der Waals surface area contributed by atoms with Crippen LogP contribution in [0.5, 0.6) is 5.88 Å². The molecule has 3 aromatic carbocycles. The number of pyridine rings is 1. The average molecular weight is 626 g/mol. The Balaban J connectivity index is 1.28. The molecule has 3 aromatic heterocycles. The van der Waals surface area contributed by atoms with Crippen LogP contribution in [0.25, 0.3) is 22.3 Å². The normalized spacial score (nSPS) is 11.0. The van der Waals surface area contributed by atoms with Gasteiger partial charge in [0.2, 0.25) is 5.88 Å². The first-order valence-electron chi connectivity index (χ1n) is 13.6. The molecule has 8 nitrogen and oxygen atoms in total. The highest BCUT2D eigenvalue weighted by molar-refractivity contribution is 7.05. The molecule has 0 bridgehead atoms. The molecular formula is C33H22F3N5O3S. The van der Waals surface area contributed by atoms with E-state index in [9.17, 15) is 9.18 Å². The summed E-state index contributed by atoms with van der Waals surface area (Å²) < 4.78 is 61.8. The lowest BCUT2D eigenvalue weighted by atomic mass is 10.0. The van der Waals surface area contributed by atoms with Crippen LogP contribution in [-0.4, -0.2) is 32.0 Å². The number of hydrogen-bond acceptors (Lipinski definition) is 8. The van der Waals surface area contributed by atoms with Gasteiger partial charge in [-0.25, -0.2) is 32.3 Å². The van der Waals surface area contributed by atoms with Crippen LogP contribution >= 0.6 is 11.5 Å². The fourth-order valence-corrected chi connectivity index (χ4v) is 5.39. The number of carbonyl (C=O) groups excluding carboxylic acids is 1. The number of halogens is 3. The molecule has 6 rings (SSSR count).